The maximum atomic E-state index is 11.4. The first-order chi connectivity index (χ1) is 12.2. The van der Waals surface area contributed by atoms with E-state index >= 15 is 0 Å². The van der Waals surface area contributed by atoms with Gasteiger partial charge in [-0.2, -0.15) is 0 Å². The normalized spacial score (nSPS) is 46.8. The lowest BCUT2D eigenvalue weighted by atomic mass is 9.95. The molecule has 152 valence electrons. The van der Waals surface area contributed by atoms with Crippen LogP contribution in [0.5, 0.6) is 0 Å². The average Bonchev–Trinajstić information content (AvgIpc) is 2.60. The molecule has 12 nitrogen and oxygen atoms in total. The molecule has 0 unspecified atom stereocenters. The van der Waals surface area contributed by atoms with Crippen LogP contribution in [0.3, 0.4) is 0 Å². The Hall–Kier alpha value is -0.930. The van der Waals surface area contributed by atoms with Gasteiger partial charge in [0.2, 0.25) is 5.91 Å². The number of rotatable bonds is 5. The lowest BCUT2D eigenvalue weighted by Crippen LogP contribution is -2.67. The van der Waals surface area contributed by atoms with Gasteiger partial charge < -0.3 is 55.3 Å². The molecule has 12 heteroatoms. The van der Waals surface area contributed by atoms with Gasteiger partial charge in [0.25, 0.3) is 0 Å². The van der Waals surface area contributed by atoms with Crippen molar-refractivity contribution in [2.24, 2.45) is 0 Å². The van der Waals surface area contributed by atoms with E-state index in [0.717, 1.165) is 6.92 Å². The van der Waals surface area contributed by atoms with Crippen LogP contribution in [0.2, 0.25) is 0 Å². The summed E-state index contributed by atoms with van der Waals surface area (Å²) in [6, 6.07) is -1.28. The van der Waals surface area contributed by atoms with Gasteiger partial charge in [0.05, 0.1) is 13.2 Å². The Bertz CT molecular complexity index is 478. The quantitative estimate of drug-likeness (QED) is 0.226. The van der Waals surface area contributed by atoms with E-state index in [4.69, 9.17) is 14.2 Å². The lowest BCUT2D eigenvalue weighted by Gasteiger charge is -2.46. The molecule has 10 atom stereocenters. The Balaban J connectivity index is 2.21. The van der Waals surface area contributed by atoms with E-state index in [1.54, 1.807) is 0 Å². The minimum absolute atomic E-state index is 0.574. The highest BCUT2D eigenvalue weighted by Crippen LogP contribution is 2.28. The molecule has 1 amide bonds. The van der Waals surface area contributed by atoms with E-state index in [1.165, 1.54) is 0 Å². The van der Waals surface area contributed by atoms with E-state index < -0.39 is 80.5 Å². The third-order valence-electron chi connectivity index (χ3n) is 4.38. The van der Waals surface area contributed by atoms with Gasteiger partial charge in [-0.15, -0.1) is 0 Å². The SMILES string of the molecule is CC(=O)N[C@H]1[C@@H](O[C@@H]2O[C@H](CO)[C@H](O)[C@H](O)[C@H]2O)[C@@H](O)[C@@H](CO)O[C@@H]1O. The Kier molecular flexibility index (Phi) is 7.27. The van der Waals surface area contributed by atoms with Gasteiger partial charge in [-0.05, 0) is 0 Å². The number of amides is 1. The number of carbonyl (C=O) groups excluding carboxylic acids is 1. The highest BCUT2D eigenvalue weighted by Gasteiger charge is 2.50. The molecule has 0 spiro atoms. The number of hydrogen-bond acceptors (Lipinski definition) is 11. The molecular weight excluding hydrogens is 358 g/mol. The van der Waals surface area contributed by atoms with E-state index in [1.807, 2.05) is 0 Å². The maximum Gasteiger partial charge on any atom is 0.217 e. The molecule has 0 radical (unpaired) electrons. The molecule has 0 aliphatic carbocycles. The van der Waals surface area contributed by atoms with E-state index in [9.17, 15) is 40.5 Å². The van der Waals surface area contributed by atoms with Crippen LogP contribution in [0.15, 0.2) is 0 Å². The van der Waals surface area contributed by atoms with Crippen LogP contribution < -0.4 is 5.32 Å². The van der Waals surface area contributed by atoms with Crippen molar-refractivity contribution in [3.63, 3.8) is 0 Å². The summed E-state index contributed by atoms with van der Waals surface area (Å²) in [7, 11) is 0. The van der Waals surface area contributed by atoms with E-state index in [0.29, 0.717) is 0 Å². The number of carbonyl (C=O) groups is 1. The van der Waals surface area contributed by atoms with Crippen molar-refractivity contribution in [1.29, 1.82) is 0 Å². The second-order valence-corrected chi connectivity index (χ2v) is 6.26. The second kappa shape index (κ2) is 8.84. The summed E-state index contributed by atoms with van der Waals surface area (Å²) in [4.78, 5) is 11.4. The molecule has 0 aromatic heterocycles. The lowest BCUT2D eigenvalue weighted by molar-refractivity contribution is -0.341. The van der Waals surface area contributed by atoms with Crippen LogP contribution >= 0.6 is 0 Å². The first-order valence-electron chi connectivity index (χ1n) is 8.06. The summed E-state index contributed by atoms with van der Waals surface area (Å²) in [5.74, 6) is -0.574. The standard InChI is InChI=1S/C14H25NO11/c1-4(18)15-7-12(9(20)6(3-17)24-13(7)23)26-14-11(22)10(21)8(19)5(2-16)25-14/h5-14,16-17,19-23H,2-3H2,1H3,(H,15,18)/t5-,6-,7+,8+,9+,10+,11-,12-,13+,14+/m1/s1. The zero-order valence-electron chi connectivity index (χ0n) is 14.0. The zero-order chi connectivity index (χ0) is 19.6. The first-order valence-corrected chi connectivity index (χ1v) is 8.06. The molecule has 8 N–H and O–H groups in total. The van der Waals surface area contributed by atoms with Gasteiger partial charge in [-0.1, -0.05) is 0 Å². The van der Waals surface area contributed by atoms with Crippen LogP contribution in [0.4, 0.5) is 0 Å². The molecular formula is C14H25NO11. The van der Waals surface area contributed by atoms with Crippen molar-refractivity contribution in [2.45, 2.75) is 68.3 Å². The van der Waals surface area contributed by atoms with Crippen LogP contribution in [-0.4, -0.2) is 116 Å². The number of aliphatic hydroxyl groups is 7. The van der Waals surface area contributed by atoms with Gasteiger partial charge in [0.1, 0.15) is 48.8 Å². The van der Waals surface area contributed by atoms with Crippen molar-refractivity contribution in [3.05, 3.63) is 0 Å². The molecule has 2 heterocycles. The molecule has 0 saturated carbocycles. The molecule has 0 bridgehead atoms. The summed E-state index contributed by atoms with van der Waals surface area (Å²) in [6.45, 7) is -0.195. The average molecular weight is 383 g/mol. The summed E-state index contributed by atoms with van der Waals surface area (Å²) < 4.78 is 15.7. The molecule has 2 saturated heterocycles. The molecule has 2 aliphatic rings. The maximum absolute atomic E-state index is 11.4. The third-order valence-corrected chi connectivity index (χ3v) is 4.38. The summed E-state index contributed by atoms with van der Waals surface area (Å²) >= 11 is 0. The van der Waals surface area contributed by atoms with Gasteiger partial charge in [0, 0.05) is 6.92 Å². The molecule has 0 aromatic carbocycles. The van der Waals surface area contributed by atoms with Crippen molar-refractivity contribution >= 4 is 5.91 Å². The van der Waals surface area contributed by atoms with Crippen LogP contribution in [0.25, 0.3) is 0 Å². The summed E-state index contributed by atoms with van der Waals surface area (Å²) in [5, 5.41) is 70.7. The van der Waals surface area contributed by atoms with Crippen LogP contribution in [0, 0.1) is 0 Å². The van der Waals surface area contributed by atoms with E-state index in [2.05, 4.69) is 5.32 Å². The van der Waals surface area contributed by atoms with Gasteiger partial charge in [0.15, 0.2) is 12.6 Å². The monoisotopic (exact) mass is 383 g/mol. The highest BCUT2D eigenvalue weighted by atomic mass is 16.7. The largest absolute Gasteiger partial charge is 0.394 e. The molecule has 0 aromatic rings. The Morgan fingerprint density at radius 2 is 1.50 bits per heavy atom. The molecule has 2 rings (SSSR count). The Morgan fingerprint density at radius 3 is 2.04 bits per heavy atom. The van der Waals surface area contributed by atoms with Crippen molar-refractivity contribution < 1.29 is 54.8 Å². The molecule has 26 heavy (non-hydrogen) atoms. The van der Waals surface area contributed by atoms with E-state index in [-0.39, 0.29) is 0 Å². The smallest absolute Gasteiger partial charge is 0.217 e. The number of hydrogen-bond donors (Lipinski definition) is 8. The minimum atomic E-state index is -1.74. The Labute approximate surface area is 148 Å². The molecule has 2 aliphatic heterocycles. The summed E-state index contributed by atoms with van der Waals surface area (Å²) in [6.07, 6.45) is -13.7. The number of ether oxygens (including phenoxy) is 3. The van der Waals surface area contributed by atoms with Crippen LogP contribution in [0.1, 0.15) is 6.92 Å². The molecule has 2 fully saturated rings. The Morgan fingerprint density at radius 1 is 0.923 bits per heavy atom. The minimum Gasteiger partial charge on any atom is -0.394 e. The van der Waals surface area contributed by atoms with Crippen molar-refractivity contribution in [2.75, 3.05) is 13.2 Å². The highest BCUT2D eigenvalue weighted by molar-refractivity contribution is 5.73. The fraction of sp³-hybridized carbons (Fsp3) is 0.929. The first kappa shape index (κ1) is 21.4. The fourth-order valence-corrected chi connectivity index (χ4v) is 2.97. The fourth-order valence-electron chi connectivity index (χ4n) is 2.97. The third kappa shape index (κ3) is 4.31. The number of nitrogens with one attached hydrogen (secondary N) is 1. The van der Waals surface area contributed by atoms with Crippen molar-refractivity contribution in [3.8, 4) is 0 Å². The predicted molar refractivity (Wildman–Crippen MR) is 80.2 cm³/mol. The van der Waals surface area contributed by atoms with Crippen LogP contribution in [-0.2, 0) is 19.0 Å². The van der Waals surface area contributed by atoms with Crippen molar-refractivity contribution in [1.82, 2.24) is 5.32 Å². The second-order valence-electron chi connectivity index (χ2n) is 6.26. The summed E-state index contributed by atoms with van der Waals surface area (Å²) in [5.41, 5.74) is 0. The topological polar surface area (TPSA) is 198 Å². The predicted octanol–water partition coefficient (Wildman–Crippen LogP) is -5.25. The van der Waals surface area contributed by atoms with Gasteiger partial charge >= 0.3 is 0 Å². The van der Waals surface area contributed by atoms with Gasteiger partial charge in [-0.3, -0.25) is 4.79 Å². The van der Waals surface area contributed by atoms with Gasteiger partial charge in [-0.25, -0.2) is 0 Å². The number of aliphatic hydroxyl groups excluding tert-OH is 7. The zero-order valence-corrected chi connectivity index (χ0v) is 14.0.